The number of pyridine rings is 1. The van der Waals surface area contributed by atoms with Crippen LogP contribution in [0.2, 0.25) is 0 Å². The second-order valence-corrected chi connectivity index (χ2v) is 13.0. The summed E-state index contributed by atoms with van der Waals surface area (Å²) in [5, 5.41) is 15.5. The molecule has 0 bridgehead atoms. The molecule has 2 amide bonds. The molecule has 0 radical (unpaired) electrons. The van der Waals surface area contributed by atoms with Crippen molar-refractivity contribution >= 4 is 11.8 Å². The third kappa shape index (κ3) is 7.45. The summed E-state index contributed by atoms with van der Waals surface area (Å²) in [6, 6.07) is 4.35. The van der Waals surface area contributed by atoms with Crippen molar-refractivity contribution in [1.82, 2.24) is 20.1 Å². The number of allylic oxidation sites excluding steroid dienone is 4. The molecule has 282 valence electrons. The zero-order valence-corrected chi connectivity index (χ0v) is 28.0. The van der Waals surface area contributed by atoms with Gasteiger partial charge in [-0.15, -0.1) is 5.92 Å². The predicted octanol–water partition coefficient (Wildman–Crippen LogP) is 6.10. The average molecular weight is 762 g/mol. The number of hydrogen-bond donors (Lipinski definition) is 3. The molecule has 5 atom stereocenters. The topological polar surface area (TPSA) is 123 Å². The molecule has 3 aliphatic rings. The van der Waals surface area contributed by atoms with Crippen molar-refractivity contribution in [3.8, 4) is 34.8 Å². The molecule has 8 nitrogen and oxygen atoms in total. The van der Waals surface area contributed by atoms with Crippen LogP contribution in [0.15, 0.2) is 47.8 Å². The van der Waals surface area contributed by atoms with E-state index in [0.29, 0.717) is 4.68 Å². The zero-order valence-electron chi connectivity index (χ0n) is 28.0. The largest absolute Gasteiger partial charge is 0.435 e. The number of aliphatic hydroxyl groups excluding tert-OH is 1. The van der Waals surface area contributed by atoms with Crippen LogP contribution in [-0.2, 0) is 23.4 Å². The number of carbonyl (C=O) groups excluding carboxylic acids is 2. The van der Waals surface area contributed by atoms with Gasteiger partial charge in [0.25, 0.3) is 11.8 Å². The first-order valence-electron chi connectivity index (χ1n) is 16.4. The van der Waals surface area contributed by atoms with Gasteiger partial charge in [-0.1, -0.05) is 11.8 Å². The number of aromatic nitrogens is 3. The van der Waals surface area contributed by atoms with Crippen LogP contribution in [0.4, 0.5) is 39.5 Å². The van der Waals surface area contributed by atoms with E-state index in [1.54, 1.807) is 0 Å². The van der Waals surface area contributed by atoms with Crippen LogP contribution in [0, 0.1) is 41.2 Å². The highest BCUT2D eigenvalue weighted by atomic mass is 19.4. The Morgan fingerprint density at radius 1 is 1.20 bits per heavy atom. The number of hydrogen-bond acceptors (Lipinski definition) is 5. The molecule has 6 rings (SSSR count). The summed E-state index contributed by atoms with van der Waals surface area (Å²) in [5.74, 6) is -4.27. The lowest BCUT2D eigenvalue weighted by Gasteiger charge is -2.23. The molecular formula is C37H28F9N5O3. The van der Waals surface area contributed by atoms with Gasteiger partial charge in [-0.3, -0.25) is 14.3 Å². The van der Waals surface area contributed by atoms with Crippen LogP contribution < -0.4 is 11.1 Å². The Kier molecular flexibility index (Phi) is 10.2. The molecule has 2 heterocycles. The van der Waals surface area contributed by atoms with Gasteiger partial charge in [0.1, 0.15) is 36.0 Å². The minimum absolute atomic E-state index is 0.00839. The van der Waals surface area contributed by atoms with Gasteiger partial charge in [0.2, 0.25) is 5.91 Å². The molecular weight excluding hydrogens is 733 g/mol. The van der Waals surface area contributed by atoms with E-state index < -0.39 is 113 Å². The standard InChI is InChI=1S/C37H28F9N5O3/c1-17(52)5-6-23-7-8-24(19-12-26(35(47)54)31(41)28(40)13-19)32(49-23)20(9-18-10-21(38)14-22(39)11-18)15-48-29(53)16-51-34-30(33(50-51)37(44,45)46)25-3-2-4-27(25)36(34,42)43/h7-8,10-13,17,20-21,25,27,52H,4,9,14-16H2,1H3,(H2,47,54)(H,48,53)/t17?,20-,21?,25+,27-/m1/s1. The maximum Gasteiger partial charge on any atom is 0.435 e. The van der Waals surface area contributed by atoms with Crippen LogP contribution in [0.25, 0.3) is 11.1 Å². The number of nitrogens with zero attached hydrogens (tertiary/aromatic N) is 3. The number of benzene rings is 1. The second kappa shape index (κ2) is 14.4. The monoisotopic (exact) mass is 761 g/mol. The fourth-order valence-corrected chi connectivity index (χ4v) is 6.82. The first-order valence-corrected chi connectivity index (χ1v) is 16.4. The van der Waals surface area contributed by atoms with Crippen LogP contribution in [0.3, 0.4) is 0 Å². The normalized spacial score (nSPS) is 20.7. The molecule has 2 unspecified atom stereocenters. The Hall–Kier alpha value is -5.55. The molecule has 17 heteroatoms. The van der Waals surface area contributed by atoms with E-state index in [-0.39, 0.29) is 40.9 Å². The number of halogens is 9. The minimum Gasteiger partial charge on any atom is -0.381 e. The minimum atomic E-state index is -5.14. The van der Waals surface area contributed by atoms with E-state index >= 15 is 8.78 Å². The summed E-state index contributed by atoms with van der Waals surface area (Å²) < 4.78 is 132. The molecule has 4 N–H and O–H groups in total. The first-order chi connectivity index (χ1) is 25.3. The van der Waals surface area contributed by atoms with E-state index in [9.17, 15) is 45.4 Å². The highest BCUT2D eigenvalue weighted by Crippen LogP contribution is 2.58. The number of fused-ring (bicyclic) bond motifs is 3. The van der Waals surface area contributed by atoms with Gasteiger partial charge >= 0.3 is 6.18 Å². The summed E-state index contributed by atoms with van der Waals surface area (Å²) in [4.78, 5) is 29.8. The van der Waals surface area contributed by atoms with Crippen LogP contribution in [-0.4, -0.2) is 50.5 Å². The summed E-state index contributed by atoms with van der Waals surface area (Å²) in [5.41, 5.74) is 0.887. The molecule has 1 aromatic carbocycles. The van der Waals surface area contributed by atoms with Gasteiger partial charge in [-0.05, 0) is 66.8 Å². The van der Waals surface area contributed by atoms with E-state index in [4.69, 9.17) is 5.73 Å². The molecule has 3 aromatic rings. The summed E-state index contributed by atoms with van der Waals surface area (Å²) >= 11 is 0. The number of alkyl halides is 6. The Morgan fingerprint density at radius 3 is 2.61 bits per heavy atom. The fraction of sp³-hybridized carbons (Fsp3) is 0.351. The summed E-state index contributed by atoms with van der Waals surface area (Å²) in [6.07, 6.45) is -7.05. The van der Waals surface area contributed by atoms with E-state index in [1.165, 1.54) is 19.1 Å². The SMILES string of the molecule is CC(O)C#Cc1ccc(-c2cc(F)c(F)c(C(N)=O)c2)c([C@@H](CNC(=O)Cn2nc(C(F)(F)F)c3c2C(F)(F)[C@@H]2CC#C[C@H]32)CC2=CC(F)CC(F)=C2)n1. The van der Waals surface area contributed by atoms with Crippen molar-refractivity contribution in [2.24, 2.45) is 11.7 Å². The van der Waals surface area contributed by atoms with E-state index in [1.807, 2.05) is 0 Å². The molecule has 54 heavy (non-hydrogen) atoms. The van der Waals surface area contributed by atoms with Crippen molar-refractivity contribution in [3.05, 3.63) is 93.4 Å². The number of carbonyl (C=O) groups is 2. The van der Waals surface area contributed by atoms with E-state index in [0.717, 1.165) is 24.3 Å². The van der Waals surface area contributed by atoms with E-state index in [2.05, 4.69) is 39.1 Å². The van der Waals surface area contributed by atoms with Gasteiger partial charge in [0.05, 0.1) is 23.1 Å². The van der Waals surface area contributed by atoms with Crippen molar-refractivity contribution in [3.63, 3.8) is 0 Å². The van der Waals surface area contributed by atoms with Gasteiger partial charge in [0.15, 0.2) is 17.3 Å². The highest BCUT2D eigenvalue weighted by molar-refractivity contribution is 5.94. The lowest BCUT2D eigenvalue weighted by atomic mass is 9.87. The van der Waals surface area contributed by atoms with Crippen molar-refractivity contribution < 1.29 is 54.2 Å². The maximum absolute atomic E-state index is 15.5. The van der Waals surface area contributed by atoms with Crippen molar-refractivity contribution in [2.75, 3.05) is 6.54 Å². The number of aliphatic hydroxyl groups is 1. The van der Waals surface area contributed by atoms with Crippen molar-refractivity contribution in [1.29, 1.82) is 0 Å². The molecule has 0 aliphatic heterocycles. The Balaban J connectivity index is 1.40. The number of nitrogens with two attached hydrogens (primary N) is 1. The average Bonchev–Trinajstić information content (AvgIpc) is 3.77. The number of nitrogens with one attached hydrogen (secondary N) is 1. The quantitative estimate of drug-likeness (QED) is 0.180. The Bertz CT molecular complexity index is 2240. The molecule has 2 aromatic heterocycles. The van der Waals surface area contributed by atoms with Gasteiger partial charge in [-0.25, -0.2) is 22.5 Å². The lowest BCUT2D eigenvalue weighted by Crippen LogP contribution is -2.34. The highest BCUT2D eigenvalue weighted by Gasteiger charge is 2.61. The number of amides is 2. The fourth-order valence-electron chi connectivity index (χ4n) is 6.82. The third-order valence-electron chi connectivity index (χ3n) is 9.11. The van der Waals surface area contributed by atoms with Crippen LogP contribution in [0.5, 0.6) is 0 Å². The first kappa shape index (κ1) is 38.2. The third-order valence-corrected chi connectivity index (χ3v) is 9.11. The van der Waals surface area contributed by atoms with Crippen molar-refractivity contribution in [2.45, 2.75) is 68.9 Å². The smallest absolute Gasteiger partial charge is 0.381 e. The molecule has 0 fully saturated rings. The molecule has 0 spiro atoms. The summed E-state index contributed by atoms with van der Waals surface area (Å²) in [6.45, 7) is -0.243. The van der Waals surface area contributed by atoms with Gasteiger partial charge in [0, 0.05) is 36.4 Å². The number of primary amides is 1. The maximum atomic E-state index is 15.5. The molecule has 3 aliphatic carbocycles. The van der Waals surface area contributed by atoms with Gasteiger partial charge < -0.3 is 16.2 Å². The molecule has 0 saturated heterocycles. The Labute approximate surface area is 301 Å². The zero-order chi connectivity index (χ0) is 39.3. The Morgan fingerprint density at radius 2 is 1.94 bits per heavy atom. The number of rotatable bonds is 9. The van der Waals surface area contributed by atoms with Crippen LogP contribution in [0.1, 0.15) is 76.7 Å². The second-order valence-electron chi connectivity index (χ2n) is 13.0. The van der Waals surface area contributed by atoms with Crippen LogP contribution >= 0.6 is 0 Å². The molecule has 0 saturated carbocycles. The lowest BCUT2D eigenvalue weighted by molar-refractivity contribution is -0.142. The summed E-state index contributed by atoms with van der Waals surface area (Å²) in [7, 11) is 0. The van der Waals surface area contributed by atoms with Gasteiger partial charge in [-0.2, -0.15) is 27.1 Å². The predicted molar refractivity (Wildman–Crippen MR) is 174 cm³/mol.